The molecule has 1 unspecified atom stereocenters. The highest BCUT2D eigenvalue weighted by atomic mass is 16.5. The van der Waals surface area contributed by atoms with E-state index < -0.39 is 0 Å². The summed E-state index contributed by atoms with van der Waals surface area (Å²) < 4.78 is 14.4. The Labute approximate surface area is 184 Å². The first-order valence-corrected chi connectivity index (χ1v) is 10.8. The van der Waals surface area contributed by atoms with Gasteiger partial charge in [-0.3, -0.25) is 0 Å². The maximum absolute atomic E-state index is 6.16. The summed E-state index contributed by atoms with van der Waals surface area (Å²) >= 11 is 0. The Morgan fingerprint density at radius 1 is 0.839 bits per heavy atom. The quantitative estimate of drug-likeness (QED) is 0.344. The van der Waals surface area contributed by atoms with Crippen LogP contribution in [0.15, 0.2) is 78.9 Å². The minimum Gasteiger partial charge on any atom is -0.492 e. The van der Waals surface area contributed by atoms with E-state index in [1.165, 1.54) is 5.56 Å². The Balaban J connectivity index is 1.50. The van der Waals surface area contributed by atoms with Crippen LogP contribution in [-0.4, -0.2) is 16.2 Å². The number of hydrogen-bond donors (Lipinski definition) is 0. The van der Waals surface area contributed by atoms with E-state index in [1.54, 1.807) is 0 Å². The van der Waals surface area contributed by atoms with Gasteiger partial charge in [-0.05, 0) is 54.3 Å². The molecule has 4 rings (SSSR count). The van der Waals surface area contributed by atoms with E-state index in [0.717, 1.165) is 28.4 Å². The van der Waals surface area contributed by atoms with Crippen molar-refractivity contribution in [3.8, 4) is 11.5 Å². The van der Waals surface area contributed by atoms with Gasteiger partial charge >= 0.3 is 0 Å². The van der Waals surface area contributed by atoms with E-state index >= 15 is 0 Å². The van der Waals surface area contributed by atoms with Crippen LogP contribution in [0.5, 0.6) is 11.5 Å². The Morgan fingerprint density at radius 2 is 1.52 bits per heavy atom. The second-order valence-corrected chi connectivity index (χ2v) is 8.81. The Bertz CT molecular complexity index is 1130. The second kappa shape index (κ2) is 8.84. The lowest BCUT2D eigenvalue weighted by atomic mass is 9.87. The fourth-order valence-corrected chi connectivity index (χ4v) is 3.70. The molecule has 0 N–H and O–H groups in total. The molecule has 0 bridgehead atoms. The molecular formula is C27H30N2O2. The number of rotatable bonds is 7. The van der Waals surface area contributed by atoms with Gasteiger partial charge in [0.15, 0.2) is 11.9 Å². The first-order chi connectivity index (χ1) is 14.9. The number of aromatic nitrogens is 2. The van der Waals surface area contributed by atoms with E-state index in [4.69, 9.17) is 14.5 Å². The molecule has 3 aromatic carbocycles. The van der Waals surface area contributed by atoms with Crippen LogP contribution in [0.2, 0.25) is 0 Å². The van der Waals surface area contributed by atoms with Gasteiger partial charge in [0.05, 0.1) is 17.6 Å². The molecule has 0 fully saturated rings. The van der Waals surface area contributed by atoms with Crippen LogP contribution in [0.3, 0.4) is 0 Å². The van der Waals surface area contributed by atoms with Crippen molar-refractivity contribution in [2.75, 3.05) is 6.61 Å². The predicted molar refractivity (Wildman–Crippen MR) is 126 cm³/mol. The van der Waals surface area contributed by atoms with Crippen LogP contribution >= 0.6 is 0 Å². The van der Waals surface area contributed by atoms with Crippen molar-refractivity contribution in [1.29, 1.82) is 0 Å². The predicted octanol–water partition coefficient (Wildman–Crippen LogP) is 6.55. The van der Waals surface area contributed by atoms with E-state index in [0.29, 0.717) is 13.2 Å². The maximum Gasteiger partial charge on any atom is 0.153 e. The summed E-state index contributed by atoms with van der Waals surface area (Å²) in [6, 6.07) is 26.4. The van der Waals surface area contributed by atoms with Crippen LogP contribution in [-0.2, 0) is 12.0 Å². The highest BCUT2D eigenvalue weighted by Gasteiger charge is 2.18. The fraction of sp³-hybridized carbons (Fsp3) is 0.296. The zero-order chi connectivity index (χ0) is 21.8. The molecule has 1 heterocycles. The molecule has 0 saturated carbocycles. The Hall–Kier alpha value is -3.27. The average Bonchev–Trinajstić information content (AvgIpc) is 3.13. The minimum absolute atomic E-state index is 0.137. The lowest BCUT2D eigenvalue weighted by Crippen LogP contribution is -2.16. The summed E-state index contributed by atoms with van der Waals surface area (Å²) in [5.41, 5.74) is 3.50. The first-order valence-electron chi connectivity index (χ1n) is 10.8. The topological polar surface area (TPSA) is 36.3 Å². The second-order valence-electron chi connectivity index (χ2n) is 8.81. The third kappa shape index (κ3) is 4.91. The summed E-state index contributed by atoms with van der Waals surface area (Å²) in [7, 11) is 0. The standard InChI is InChI=1S/C27H30N2O2/c1-20(31-23-10-6-5-7-11-23)26-28-24-12-8-9-13-25(24)29(26)18-19-30-22-16-14-21(15-17-22)27(2,3)4/h5-17,20H,18-19H2,1-4H3. The zero-order valence-electron chi connectivity index (χ0n) is 18.7. The molecule has 4 aromatic rings. The normalized spacial score (nSPS) is 12.6. The van der Waals surface area contributed by atoms with E-state index in [2.05, 4.69) is 55.7 Å². The molecular weight excluding hydrogens is 384 g/mol. The van der Waals surface area contributed by atoms with Crippen LogP contribution in [0.25, 0.3) is 11.0 Å². The van der Waals surface area contributed by atoms with Gasteiger partial charge in [0.25, 0.3) is 0 Å². The van der Waals surface area contributed by atoms with Crippen LogP contribution in [0.4, 0.5) is 0 Å². The summed E-state index contributed by atoms with van der Waals surface area (Å²) in [6.45, 7) is 9.93. The number of fused-ring (bicyclic) bond motifs is 1. The van der Waals surface area contributed by atoms with E-state index in [-0.39, 0.29) is 11.5 Å². The molecule has 0 saturated heterocycles. The molecule has 4 heteroatoms. The van der Waals surface area contributed by atoms with Crippen molar-refractivity contribution in [3.63, 3.8) is 0 Å². The number of hydrogen-bond acceptors (Lipinski definition) is 3. The summed E-state index contributed by atoms with van der Waals surface area (Å²) in [5, 5.41) is 0. The maximum atomic E-state index is 6.16. The van der Waals surface area contributed by atoms with Gasteiger partial charge < -0.3 is 14.0 Å². The lowest BCUT2D eigenvalue weighted by molar-refractivity contribution is 0.207. The Morgan fingerprint density at radius 3 is 2.23 bits per heavy atom. The molecule has 0 spiro atoms. The number of benzene rings is 3. The minimum atomic E-state index is -0.180. The monoisotopic (exact) mass is 414 g/mol. The summed E-state index contributed by atoms with van der Waals surface area (Å²) in [5.74, 6) is 2.62. The number of para-hydroxylation sites is 3. The number of nitrogens with zero attached hydrogens (tertiary/aromatic N) is 2. The van der Waals surface area contributed by atoms with E-state index in [9.17, 15) is 0 Å². The number of ether oxygens (including phenoxy) is 2. The van der Waals surface area contributed by atoms with Crippen LogP contribution in [0.1, 0.15) is 45.2 Å². The van der Waals surface area contributed by atoms with Crippen molar-refractivity contribution < 1.29 is 9.47 Å². The van der Waals surface area contributed by atoms with Crippen molar-refractivity contribution in [3.05, 3.63) is 90.3 Å². The SMILES string of the molecule is CC(Oc1ccccc1)c1nc2ccccc2n1CCOc1ccc(C(C)(C)C)cc1. The molecule has 4 nitrogen and oxygen atoms in total. The van der Waals surface area contributed by atoms with Gasteiger partial charge in [-0.2, -0.15) is 0 Å². The largest absolute Gasteiger partial charge is 0.492 e. The van der Waals surface area contributed by atoms with Gasteiger partial charge in [-0.15, -0.1) is 0 Å². The van der Waals surface area contributed by atoms with Crippen molar-refractivity contribution in [2.45, 2.75) is 45.8 Å². The van der Waals surface area contributed by atoms with Crippen LogP contribution in [0, 0.1) is 0 Å². The molecule has 0 aliphatic carbocycles. The summed E-state index contributed by atoms with van der Waals surface area (Å²) in [4.78, 5) is 4.86. The molecule has 0 aliphatic heterocycles. The molecule has 1 atom stereocenters. The smallest absolute Gasteiger partial charge is 0.153 e. The lowest BCUT2D eigenvalue weighted by Gasteiger charge is -2.19. The zero-order valence-corrected chi connectivity index (χ0v) is 18.7. The molecule has 0 aliphatic rings. The molecule has 31 heavy (non-hydrogen) atoms. The Kier molecular flexibility index (Phi) is 5.99. The fourth-order valence-electron chi connectivity index (χ4n) is 3.70. The highest BCUT2D eigenvalue weighted by molar-refractivity contribution is 5.76. The highest BCUT2D eigenvalue weighted by Crippen LogP contribution is 2.26. The number of imidazole rings is 1. The molecule has 1 aromatic heterocycles. The third-order valence-electron chi connectivity index (χ3n) is 5.41. The first kappa shape index (κ1) is 21.0. The van der Waals surface area contributed by atoms with Crippen LogP contribution < -0.4 is 9.47 Å². The van der Waals surface area contributed by atoms with Gasteiger partial charge in [-0.1, -0.05) is 63.2 Å². The molecule has 0 radical (unpaired) electrons. The van der Waals surface area contributed by atoms with E-state index in [1.807, 2.05) is 55.5 Å². The average molecular weight is 415 g/mol. The van der Waals surface area contributed by atoms with Gasteiger partial charge in [0.1, 0.15) is 18.1 Å². The van der Waals surface area contributed by atoms with Gasteiger partial charge in [0.2, 0.25) is 0 Å². The van der Waals surface area contributed by atoms with Crippen molar-refractivity contribution in [2.24, 2.45) is 0 Å². The van der Waals surface area contributed by atoms with Crippen molar-refractivity contribution >= 4 is 11.0 Å². The molecule has 160 valence electrons. The van der Waals surface area contributed by atoms with Crippen molar-refractivity contribution in [1.82, 2.24) is 9.55 Å². The molecule has 0 amide bonds. The van der Waals surface area contributed by atoms with Gasteiger partial charge in [-0.25, -0.2) is 4.98 Å². The third-order valence-corrected chi connectivity index (χ3v) is 5.41. The van der Waals surface area contributed by atoms with Gasteiger partial charge in [0, 0.05) is 0 Å². The summed E-state index contributed by atoms with van der Waals surface area (Å²) in [6.07, 6.45) is -0.180.